The third kappa shape index (κ3) is 2.32. The Bertz CT molecular complexity index is 544. The van der Waals surface area contributed by atoms with E-state index in [2.05, 4.69) is 4.74 Å². The summed E-state index contributed by atoms with van der Waals surface area (Å²) < 4.78 is 42.7. The molecule has 1 aromatic carbocycles. The van der Waals surface area contributed by atoms with Crippen LogP contribution in [0.25, 0.3) is 0 Å². The van der Waals surface area contributed by atoms with E-state index >= 15 is 0 Å². The summed E-state index contributed by atoms with van der Waals surface area (Å²) in [6.45, 7) is 0. The molecular formula is C11H6F3NO3. The topological polar surface area (TPSA) is 67.2 Å². The molecule has 4 nitrogen and oxygen atoms in total. The van der Waals surface area contributed by atoms with Crippen LogP contribution in [0.5, 0.6) is 0 Å². The van der Waals surface area contributed by atoms with Gasteiger partial charge in [0.05, 0.1) is 23.8 Å². The molecule has 0 aliphatic heterocycles. The number of benzene rings is 1. The molecule has 7 heteroatoms. The maximum atomic E-state index is 12.8. The van der Waals surface area contributed by atoms with Gasteiger partial charge in [0, 0.05) is 5.56 Å². The Morgan fingerprint density at radius 2 is 2.06 bits per heavy atom. The molecule has 0 saturated carbocycles. The fourth-order valence-electron chi connectivity index (χ4n) is 1.43. The lowest BCUT2D eigenvalue weighted by molar-refractivity contribution is -0.138. The number of methoxy groups -OCH3 is 1. The van der Waals surface area contributed by atoms with Crippen LogP contribution in [-0.2, 0) is 10.9 Å². The summed E-state index contributed by atoms with van der Waals surface area (Å²) in [5.41, 5.74) is -3.62. The summed E-state index contributed by atoms with van der Waals surface area (Å²) in [7, 11) is 0.886. The number of hydrogen-bond donors (Lipinski definition) is 0. The van der Waals surface area contributed by atoms with E-state index in [0.29, 0.717) is 0 Å². The maximum Gasteiger partial charge on any atom is 0.417 e. The van der Waals surface area contributed by atoms with Crippen molar-refractivity contribution in [1.82, 2.24) is 0 Å². The first-order valence-corrected chi connectivity index (χ1v) is 4.54. The van der Waals surface area contributed by atoms with E-state index in [1.54, 1.807) is 0 Å². The number of alkyl halides is 3. The van der Waals surface area contributed by atoms with Crippen molar-refractivity contribution in [2.75, 3.05) is 7.11 Å². The van der Waals surface area contributed by atoms with Crippen LogP contribution in [0.15, 0.2) is 12.1 Å². The van der Waals surface area contributed by atoms with Crippen LogP contribution in [0.3, 0.4) is 0 Å². The lowest BCUT2D eigenvalue weighted by Gasteiger charge is -2.14. The van der Waals surface area contributed by atoms with Gasteiger partial charge in [-0.3, -0.25) is 4.79 Å². The van der Waals surface area contributed by atoms with E-state index in [1.807, 2.05) is 0 Å². The average Bonchev–Trinajstić information content (AvgIpc) is 2.34. The number of carbonyl (C=O) groups is 2. The molecule has 0 fully saturated rings. The fraction of sp³-hybridized carbons (Fsp3) is 0.182. The fourth-order valence-corrected chi connectivity index (χ4v) is 1.43. The number of aldehydes is 1. The summed E-state index contributed by atoms with van der Waals surface area (Å²) in [5, 5.41) is 8.70. The zero-order valence-corrected chi connectivity index (χ0v) is 9.04. The minimum atomic E-state index is -4.94. The van der Waals surface area contributed by atoms with Crippen molar-refractivity contribution in [3.8, 4) is 6.07 Å². The van der Waals surface area contributed by atoms with E-state index in [9.17, 15) is 22.8 Å². The van der Waals surface area contributed by atoms with Gasteiger partial charge in [-0.1, -0.05) is 0 Å². The third-order valence-corrected chi connectivity index (χ3v) is 2.16. The molecule has 0 bridgehead atoms. The second kappa shape index (κ2) is 4.87. The van der Waals surface area contributed by atoms with Gasteiger partial charge in [0.25, 0.3) is 0 Å². The van der Waals surface area contributed by atoms with Gasteiger partial charge in [0.15, 0.2) is 6.29 Å². The van der Waals surface area contributed by atoms with E-state index in [4.69, 9.17) is 5.26 Å². The number of ether oxygens (including phenoxy) is 1. The zero-order valence-electron chi connectivity index (χ0n) is 9.04. The van der Waals surface area contributed by atoms with Crippen LogP contribution < -0.4 is 0 Å². The van der Waals surface area contributed by atoms with Gasteiger partial charge < -0.3 is 4.74 Å². The largest absolute Gasteiger partial charge is 0.465 e. The highest BCUT2D eigenvalue weighted by molar-refractivity contribution is 5.97. The highest BCUT2D eigenvalue weighted by Gasteiger charge is 2.39. The highest BCUT2D eigenvalue weighted by atomic mass is 19.4. The van der Waals surface area contributed by atoms with Crippen molar-refractivity contribution in [1.29, 1.82) is 5.26 Å². The quantitative estimate of drug-likeness (QED) is 0.601. The Kier molecular flexibility index (Phi) is 3.71. The summed E-state index contributed by atoms with van der Waals surface area (Å²) in [5.74, 6) is -1.32. The monoisotopic (exact) mass is 257 g/mol. The summed E-state index contributed by atoms with van der Waals surface area (Å²) in [4.78, 5) is 21.9. The van der Waals surface area contributed by atoms with E-state index < -0.39 is 34.4 Å². The second-order valence-corrected chi connectivity index (χ2v) is 3.17. The minimum Gasteiger partial charge on any atom is -0.465 e. The van der Waals surface area contributed by atoms with E-state index in [0.717, 1.165) is 19.2 Å². The number of hydrogen-bond acceptors (Lipinski definition) is 4. The van der Waals surface area contributed by atoms with Crippen LogP contribution in [0, 0.1) is 11.3 Å². The normalized spacial score (nSPS) is 10.6. The highest BCUT2D eigenvalue weighted by Crippen LogP contribution is 2.35. The molecule has 0 amide bonds. The van der Waals surface area contributed by atoms with Gasteiger partial charge in [-0.15, -0.1) is 0 Å². The Morgan fingerprint density at radius 3 is 2.44 bits per heavy atom. The molecule has 1 rings (SSSR count). The molecule has 94 valence electrons. The van der Waals surface area contributed by atoms with E-state index in [1.165, 1.54) is 6.07 Å². The van der Waals surface area contributed by atoms with Crippen molar-refractivity contribution in [3.63, 3.8) is 0 Å². The van der Waals surface area contributed by atoms with Gasteiger partial charge in [-0.05, 0) is 12.1 Å². The van der Waals surface area contributed by atoms with Crippen LogP contribution >= 0.6 is 0 Å². The number of rotatable bonds is 2. The number of nitrogens with zero attached hydrogens (tertiary/aromatic N) is 1. The van der Waals surface area contributed by atoms with Crippen molar-refractivity contribution in [3.05, 3.63) is 34.4 Å². The van der Waals surface area contributed by atoms with Crippen molar-refractivity contribution in [2.45, 2.75) is 6.18 Å². The maximum absolute atomic E-state index is 12.8. The zero-order chi connectivity index (χ0) is 13.9. The average molecular weight is 257 g/mol. The molecule has 0 radical (unpaired) electrons. The molecule has 0 unspecified atom stereocenters. The lowest BCUT2D eigenvalue weighted by atomic mass is 9.96. The molecular weight excluding hydrogens is 251 g/mol. The molecule has 1 aromatic rings. The summed E-state index contributed by atoms with van der Waals surface area (Å²) in [6.07, 6.45) is -4.97. The third-order valence-electron chi connectivity index (χ3n) is 2.16. The predicted octanol–water partition coefficient (Wildman–Crippen LogP) is 2.18. The first kappa shape index (κ1) is 13.7. The standard InChI is InChI=1S/C11H6F3NO3/c1-18-10(17)8-6(4-15)2-3-7(5-16)9(8)11(12,13)14/h2-3,5H,1H3. The second-order valence-electron chi connectivity index (χ2n) is 3.17. The molecule has 0 aliphatic rings. The van der Waals surface area contributed by atoms with Gasteiger partial charge in [0.2, 0.25) is 0 Å². The number of halogens is 3. The SMILES string of the molecule is COC(=O)c1c(C#N)ccc(C=O)c1C(F)(F)F. The van der Waals surface area contributed by atoms with Crippen LogP contribution in [0.1, 0.15) is 31.8 Å². The summed E-state index contributed by atoms with van der Waals surface area (Å²) in [6, 6.07) is 3.26. The Balaban J connectivity index is 3.77. The number of esters is 1. The Labute approximate surface area is 99.6 Å². The Hall–Kier alpha value is -2.36. The van der Waals surface area contributed by atoms with Crippen LogP contribution in [-0.4, -0.2) is 19.4 Å². The molecule has 0 atom stereocenters. The van der Waals surface area contributed by atoms with Gasteiger partial charge in [-0.25, -0.2) is 4.79 Å². The molecule has 0 N–H and O–H groups in total. The predicted molar refractivity (Wildman–Crippen MR) is 52.9 cm³/mol. The summed E-state index contributed by atoms with van der Waals surface area (Å²) >= 11 is 0. The van der Waals surface area contributed by atoms with Gasteiger partial charge in [-0.2, -0.15) is 18.4 Å². The molecule has 0 aromatic heterocycles. The number of carbonyl (C=O) groups excluding carboxylic acids is 2. The smallest absolute Gasteiger partial charge is 0.417 e. The van der Waals surface area contributed by atoms with Crippen molar-refractivity contribution >= 4 is 12.3 Å². The van der Waals surface area contributed by atoms with Gasteiger partial charge >= 0.3 is 12.1 Å². The van der Waals surface area contributed by atoms with E-state index in [-0.39, 0.29) is 6.29 Å². The molecule has 18 heavy (non-hydrogen) atoms. The first-order chi connectivity index (χ1) is 8.36. The molecule has 0 saturated heterocycles. The minimum absolute atomic E-state index is 0.0313. The Morgan fingerprint density at radius 1 is 1.44 bits per heavy atom. The van der Waals surface area contributed by atoms with Crippen LogP contribution in [0.2, 0.25) is 0 Å². The van der Waals surface area contributed by atoms with Crippen molar-refractivity contribution < 1.29 is 27.5 Å². The molecule has 0 aliphatic carbocycles. The molecule has 0 heterocycles. The lowest BCUT2D eigenvalue weighted by Crippen LogP contribution is -2.18. The first-order valence-electron chi connectivity index (χ1n) is 4.54. The van der Waals surface area contributed by atoms with Crippen molar-refractivity contribution in [2.24, 2.45) is 0 Å². The molecule has 0 spiro atoms. The van der Waals surface area contributed by atoms with Crippen LogP contribution in [0.4, 0.5) is 13.2 Å². The number of nitriles is 1. The van der Waals surface area contributed by atoms with Gasteiger partial charge in [0.1, 0.15) is 6.07 Å².